The summed E-state index contributed by atoms with van der Waals surface area (Å²) in [5, 5.41) is 3.64. The summed E-state index contributed by atoms with van der Waals surface area (Å²) in [6.07, 6.45) is 0. The van der Waals surface area contributed by atoms with E-state index in [2.05, 4.69) is 5.32 Å². The van der Waals surface area contributed by atoms with Gasteiger partial charge < -0.3 is 14.5 Å². The summed E-state index contributed by atoms with van der Waals surface area (Å²) in [7, 11) is 0. The van der Waals surface area contributed by atoms with Crippen molar-refractivity contribution in [2.24, 2.45) is 0 Å². The van der Waals surface area contributed by atoms with Crippen molar-refractivity contribution in [3.63, 3.8) is 0 Å². The number of nitrogens with one attached hydrogen (secondary N) is 1. The Labute approximate surface area is 167 Å². The number of carbonyl (C=O) groups is 2. The van der Waals surface area contributed by atoms with E-state index >= 15 is 0 Å². The maximum Gasteiger partial charge on any atom is 0.291 e. The minimum absolute atomic E-state index is 0.0678. The Kier molecular flexibility index (Phi) is 5.12. The minimum atomic E-state index is -0.395. The Hall–Kier alpha value is -3.86. The van der Waals surface area contributed by atoms with E-state index in [-0.39, 0.29) is 18.2 Å². The molecule has 1 heterocycles. The molecule has 0 saturated carbocycles. The fourth-order valence-electron chi connectivity index (χ4n) is 3.10. The number of para-hydroxylation sites is 2. The third-order valence-corrected chi connectivity index (χ3v) is 4.56. The Morgan fingerprint density at radius 2 is 1.69 bits per heavy atom. The zero-order valence-corrected chi connectivity index (χ0v) is 15.8. The molecule has 1 aromatic heterocycles. The molecule has 5 nitrogen and oxygen atoms in total. The van der Waals surface area contributed by atoms with Crippen molar-refractivity contribution in [3.8, 4) is 5.75 Å². The van der Waals surface area contributed by atoms with Crippen LogP contribution in [0.15, 0.2) is 83.3 Å². The predicted octanol–water partition coefficient (Wildman–Crippen LogP) is 5.47. The van der Waals surface area contributed by atoms with Crippen LogP contribution in [0.25, 0.3) is 11.0 Å². The minimum Gasteiger partial charge on any atom is -0.489 e. The van der Waals surface area contributed by atoms with Crippen molar-refractivity contribution >= 4 is 28.3 Å². The molecule has 0 aliphatic rings. The first-order valence-electron chi connectivity index (χ1n) is 9.22. The molecule has 4 aromatic rings. The second-order valence-electron chi connectivity index (χ2n) is 6.60. The lowest BCUT2D eigenvalue weighted by Gasteiger charge is -2.08. The molecule has 0 unspecified atom stereocenters. The van der Waals surface area contributed by atoms with Crippen LogP contribution < -0.4 is 10.1 Å². The highest BCUT2D eigenvalue weighted by molar-refractivity contribution is 6.07. The van der Waals surface area contributed by atoms with Crippen LogP contribution in [0.1, 0.15) is 33.4 Å². The fraction of sp³-hybridized carbons (Fsp3) is 0.0833. The number of hydrogen-bond acceptors (Lipinski definition) is 4. The zero-order valence-electron chi connectivity index (χ0n) is 15.8. The number of amides is 1. The molecular weight excluding hydrogens is 366 g/mol. The molecule has 3 aromatic carbocycles. The van der Waals surface area contributed by atoms with Gasteiger partial charge in [0.25, 0.3) is 5.91 Å². The van der Waals surface area contributed by atoms with E-state index in [9.17, 15) is 9.59 Å². The summed E-state index contributed by atoms with van der Waals surface area (Å²) in [6.45, 7) is 1.68. The third-order valence-electron chi connectivity index (χ3n) is 4.56. The van der Waals surface area contributed by atoms with Crippen LogP contribution in [0.2, 0.25) is 0 Å². The summed E-state index contributed by atoms with van der Waals surface area (Å²) < 4.78 is 11.7. The molecule has 0 fully saturated rings. The number of carbonyl (C=O) groups excluding carboxylic acids is 2. The van der Waals surface area contributed by atoms with Crippen molar-refractivity contribution in [2.75, 3.05) is 5.32 Å². The number of anilines is 1. The molecule has 144 valence electrons. The largest absolute Gasteiger partial charge is 0.489 e. The molecule has 5 heteroatoms. The van der Waals surface area contributed by atoms with Gasteiger partial charge in [0.15, 0.2) is 11.5 Å². The molecule has 0 aliphatic heterocycles. The number of benzene rings is 3. The maximum atomic E-state index is 13.0. The monoisotopic (exact) mass is 385 g/mol. The van der Waals surface area contributed by atoms with Gasteiger partial charge in [-0.15, -0.1) is 0 Å². The van der Waals surface area contributed by atoms with Crippen LogP contribution in [0.3, 0.4) is 0 Å². The van der Waals surface area contributed by atoms with E-state index in [1.54, 1.807) is 24.3 Å². The number of rotatable bonds is 6. The van der Waals surface area contributed by atoms with Crippen molar-refractivity contribution in [3.05, 3.63) is 95.7 Å². The van der Waals surface area contributed by atoms with E-state index in [0.29, 0.717) is 28.1 Å². The molecule has 0 saturated heterocycles. The average molecular weight is 385 g/mol. The van der Waals surface area contributed by atoms with Gasteiger partial charge in [-0.3, -0.25) is 9.59 Å². The van der Waals surface area contributed by atoms with Gasteiger partial charge in [-0.1, -0.05) is 48.5 Å². The van der Waals surface area contributed by atoms with Gasteiger partial charge in [0.2, 0.25) is 0 Å². The van der Waals surface area contributed by atoms with Gasteiger partial charge in [-0.05, 0) is 37.3 Å². The van der Waals surface area contributed by atoms with E-state index in [0.717, 1.165) is 5.39 Å². The van der Waals surface area contributed by atoms with E-state index < -0.39 is 5.91 Å². The first-order valence-corrected chi connectivity index (χ1v) is 9.22. The normalized spacial score (nSPS) is 10.7. The first-order chi connectivity index (χ1) is 14.1. The first kappa shape index (κ1) is 18.5. The molecule has 1 amide bonds. The number of ether oxygens (including phenoxy) is 1. The Balaban J connectivity index is 1.64. The number of Topliss-reactive ketones (excluding diaryl/α,β-unsaturated/α-hetero) is 1. The fourth-order valence-corrected chi connectivity index (χ4v) is 3.10. The number of fused-ring (bicyclic) bond motifs is 1. The molecule has 0 spiro atoms. The Morgan fingerprint density at radius 3 is 2.48 bits per heavy atom. The number of furan rings is 1. The lowest BCUT2D eigenvalue weighted by atomic mass is 10.1. The van der Waals surface area contributed by atoms with Crippen molar-refractivity contribution < 1.29 is 18.7 Å². The quantitative estimate of drug-likeness (QED) is 0.447. The molecule has 0 aliphatic carbocycles. The van der Waals surface area contributed by atoms with Gasteiger partial charge in [0, 0.05) is 22.2 Å². The third kappa shape index (κ3) is 4.04. The van der Waals surface area contributed by atoms with Crippen LogP contribution in [0.5, 0.6) is 5.75 Å². The lowest BCUT2D eigenvalue weighted by molar-refractivity contribution is 0.0991. The highest BCUT2D eigenvalue weighted by Gasteiger charge is 2.21. The van der Waals surface area contributed by atoms with Crippen molar-refractivity contribution in [1.29, 1.82) is 0 Å². The standard InChI is InChI=1S/C24H19NO4/c1-16(26)17-8-7-9-18(14-17)25-24(27)23-21(15-28-19-10-3-2-4-11-19)20-12-5-6-13-22(20)29-23/h2-14H,15H2,1H3,(H,25,27). The number of ketones is 1. The van der Waals surface area contributed by atoms with Gasteiger partial charge in [0.1, 0.15) is 17.9 Å². The summed E-state index contributed by atoms with van der Waals surface area (Å²) in [4.78, 5) is 24.5. The van der Waals surface area contributed by atoms with Gasteiger partial charge in [-0.25, -0.2) is 0 Å². The van der Waals surface area contributed by atoms with Crippen molar-refractivity contribution in [2.45, 2.75) is 13.5 Å². The molecule has 0 atom stereocenters. The molecule has 1 N–H and O–H groups in total. The van der Waals surface area contributed by atoms with Crippen LogP contribution in [-0.2, 0) is 6.61 Å². The second kappa shape index (κ2) is 8.02. The van der Waals surface area contributed by atoms with E-state index in [1.807, 2.05) is 54.6 Å². The zero-order chi connectivity index (χ0) is 20.2. The lowest BCUT2D eigenvalue weighted by Crippen LogP contribution is -2.14. The van der Waals surface area contributed by atoms with E-state index in [1.165, 1.54) is 6.92 Å². The van der Waals surface area contributed by atoms with Crippen LogP contribution in [0, 0.1) is 0 Å². The Morgan fingerprint density at radius 1 is 0.931 bits per heavy atom. The van der Waals surface area contributed by atoms with Gasteiger partial charge in [-0.2, -0.15) is 0 Å². The molecule has 0 radical (unpaired) electrons. The molecule has 4 rings (SSSR count). The topological polar surface area (TPSA) is 68.5 Å². The highest BCUT2D eigenvalue weighted by Crippen LogP contribution is 2.28. The maximum absolute atomic E-state index is 13.0. The Bertz CT molecular complexity index is 1180. The SMILES string of the molecule is CC(=O)c1cccc(NC(=O)c2oc3ccccc3c2COc2ccccc2)c1. The van der Waals surface area contributed by atoms with Crippen LogP contribution in [0.4, 0.5) is 5.69 Å². The van der Waals surface area contributed by atoms with E-state index in [4.69, 9.17) is 9.15 Å². The smallest absolute Gasteiger partial charge is 0.291 e. The van der Waals surface area contributed by atoms with Crippen LogP contribution >= 0.6 is 0 Å². The predicted molar refractivity (Wildman–Crippen MR) is 111 cm³/mol. The molecule has 0 bridgehead atoms. The van der Waals surface area contributed by atoms with Crippen molar-refractivity contribution in [1.82, 2.24) is 0 Å². The number of hydrogen-bond donors (Lipinski definition) is 1. The molecular formula is C24H19NO4. The summed E-state index contributed by atoms with van der Waals surface area (Å²) in [6, 6.07) is 23.7. The summed E-state index contributed by atoms with van der Waals surface area (Å²) in [5.74, 6) is 0.434. The highest BCUT2D eigenvalue weighted by atomic mass is 16.5. The summed E-state index contributed by atoms with van der Waals surface area (Å²) >= 11 is 0. The van der Waals surface area contributed by atoms with Gasteiger partial charge in [0.05, 0.1) is 0 Å². The summed E-state index contributed by atoms with van der Waals surface area (Å²) in [5.41, 5.74) is 2.34. The van der Waals surface area contributed by atoms with Crippen LogP contribution in [-0.4, -0.2) is 11.7 Å². The molecule has 29 heavy (non-hydrogen) atoms. The second-order valence-corrected chi connectivity index (χ2v) is 6.60. The average Bonchev–Trinajstić information content (AvgIpc) is 3.12. The van der Waals surface area contributed by atoms with Gasteiger partial charge >= 0.3 is 0 Å².